The summed E-state index contributed by atoms with van der Waals surface area (Å²) in [6.07, 6.45) is 9.84. The molecule has 5 aromatic rings. The number of rotatable bonds is 6. The monoisotopic (exact) mass is 503 g/mol. The van der Waals surface area contributed by atoms with Crippen LogP contribution in [0.2, 0.25) is 0 Å². The minimum atomic E-state index is 0.445. The highest BCUT2D eigenvalue weighted by molar-refractivity contribution is 5.91. The smallest absolute Gasteiger partial charge is 0.164 e. The van der Waals surface area contributed by atoms with Gasteiger partial charge in [0.05, 0.1) is 18.4 Å². The maximum absolute atomic E-state index is 5.52. The van der Waals surface area contributed by atoms with Gasteiger partial charge in [0.25, 0.3) is 0 Å². The molecule has 3 aliphatic rings. The quantitative estimate of drug-likeness (QED) is 0.348. The summed E-state index contributed by atoms with van der Waals surface area (Å²) in [5, 5.41) is 8.84. The summed E-state index contributed by atoms with van der Waals surface area (Å²) >= 11 is 0. The van der Waals surface area contributed by atoms with Gasteiger partial charge in [0.1, 0.15) is 17.3 Å². The first-order valence-corrected chi connectivity index (χ1v) is 13.1. The van der Waals surface area contributed by atoms with E-state index < -0.39 is 0 Å². The summed E-state index contributed by atoms with van der Waals surface area (Å²) in [4.78, 5) is 16.2. The summed E-state index contributed by atoms with van der Waals surface area (Å²) in [5.41, 5.74) is 6.56. The molecule has 0 aliphatic carbocycles. The Kier molecular flexibility index (Phi) is 5.74. The fraction of sp³-hybridized carbons (Fsp3) is 0.267. The molecule has 7 heterocycles. The zero-order chi connectivity index (χ0) is 25.5. The van der Waals surface area contributed by atoms with Crippen molar-refractivity contribution >= 4 is 11.5 Å². The van der Waals surface area contributed by atoms with Gasteiger partial charge in [0.2, 0.25) is 0 Å². The lowest BCUT2D eigenvalue weighted by Gasteiger charge is -2.45. The lowest BCUT2D eigenvalue weighted by atomic mass is 9.84. The molecule has 0 saturated carbocycles. The number of fused-ring (bicyclic) bond motifs is 4. The van der Waals surface area contributed by atoms with Crippen LogP contribution in [0.4, 0.5) is 5.82 Å². The van der Waals surface area contributed by atoms with Crippen LogP contribution in [0.15, 0.2) is 79.4 Å². The van der Waals surface area contributed by atoms with Crippen LogP contribution in [0, 0.1) is 5.92 Å². The lowest BCUT2D eigenvalue weighted by Crippen LogP contribution is -2.53. The minimum absolute atomic E-state index is 0.445. The fourth-order valence-corrected chi connectivity index (χ4v) is 5.91. The van der Waals surface area contributed by atoms with Gasteiger partial charge in [-0.3, -0.25) is 4.98 Å². The van der Waals surface area contributed by atoms with E-state index in [1.54, 1.807) is 19.5 Å². The van der Waals surface area contributed by atoms with Gasteiger partial charge < -0.3 is 15.0 Å². The summed E-state index contributed by atoms with van der Waals surface area (Å²) in [6.45, 7) is 3.54. The number of nitrogens with one attached hydrogen (secondary N) is 1. The van der Waals surface area contributed by atoms with Crippen LogP contribution in [-0.4, -0.2) is 62.3 Å². The Hall–Kier alpha value is -4.30. The predicted octanol–water partition coefficient (Wildman–Crippen LogP) is 5.04. The molecule has 8 rings (SSSR count). The molecule has 190 valence electrons. The molecule has 8 heteroatoms. The molecule has 8 nitrogen and oxygen atoms in total. The van der Waals surface area contributed by atoms with Crippen molar-refractivity contribution in [3.8, 4) is 39.4 Å². The third-order valence-corrected chi connectivity index (χ3v) is 7.88. The fourth-order valence-electron chi connectivity index (χ4n) is 5.91. The van der Waals surface area contributed by atoms with Crippen molar-refractivity contribution in [3.05, 3.63) is 79.4 Å². The Morgan fingerprint density at radius 3 is 2.47 bits per heavy atom. The molecular formula is C30H29N7O. The number of benzene rings is 1. The van der Waals surface area contributed by atoms with Crippen molar-refractivity contribution in [1.29, 1.82) is 0 Å². The Labute approximate surface area is 221 Å². The second kappa shape index (κ2) is 9.54. The first-order valence-electron chi connectivity index (χ1n) is 13.1. The number of hydrogen-bond donors (Lipinski definition) is 1. The van der Waals surface area contributed by atoms with E-state index >= 15 is 0 Å². The van der Waals surface area contributed by atoms with Crippen molar-refractivity contribution in [2.24, 2.45) is 5.92 Å². The third-order valence-electron chi connectivity index (χ3n) is 7.88. The largest absolute Gasteiger partial charge is 0.497 e. The Balaban J connectivity index is 1.34. The van der Waals surface area contributed by atoms with E-state index in [0.717, 1.165) is 63.3 Å². The number of anilines is 1. The maximum Gasteiger partial charge on any atom is 0.164 e. The van der Waals surface area contributed by atoms with Crippen molar-refractivity contribution in [2.75, 3.05) is 32.1 Å². The van der Waals surface area contributed by atoms with Gasteiger partial charge in [-0.1, -0.05) is 12.1 Å². The van der Waals surface area contributed by atoms with Crippen molar-refractivity contribution in [2.45, 2.75) is 18.9 Å². The highest BCUT2D eigenvalue weighted by Crippen LogP contribution is 2.37. The summed E-state index contributed by atoms with van der Waals surface area (Å²) in [5.74, 6) is 2.41. The SMILES string of the molecule is COc1cccc(-c2c(-c3ccncc3)nn3c(-c4ccnc(NC5CN6CCC5CC6)c4)ccnc23)c1. The standard InChI is InChI=1S/C30H29N7O/c1-38-24-4-2-3-23(17-24)28-29(21-5-11-31-12-6-21)35-37-26(8-14-33-30(28)37)22-7-13-32-27(18-22)34-25-19-36-15-9-20(25)10-16-36/h2-8,11-14,17-18,20,25H,9-10,15-16,19H2,1H3,(H,32,34). The Bertz CT molecular complexity index is 1590. The number of methoxy groups -OCH3 is 1. The van der Waals surface area contributed by atoms with E-state index in [0.29, 0.717) is 6.04 Å². The first-order chi connectivity index (χ1) is 18.8. The van der Waals surface area contributed by atoms with Crippen LogP contribution in [0.25, 0.3) is 39.3 Å². The maximum atomic E-state index is 5.52. The average molecular weight is 504 g/mol. The third kappa shape index (κ3) is 4.07. The first kappa shape index (κ1) is 22.9. The molecule has 1 aromatic carbocycles. The molecular weight excluding hydrogens is 474 g/mol. The van der Waals surface area contributed by atoms with Gasteiger partial charge in [-0.15, -0.1) is 0 Å². The normalized spacial score (nSPS) is 20.5. The number of nitrogens with zero attached hydrogens (tertiary/aromatic N) is 6. The van der Waals surface area contributed by atoms with E-state index in [4.69, 9.17) is 14.8 Å². The van der Waals surface area contributed by atoms with Crippen molar-refractivity contribution in [1.82, 2.24) is 29.5 Å². The molecule has 0 radical (unpaired) electrons. The molecule has 1 unspecified atom stereocenters. The van der Waals surface area contributed by atoms with Gasteiger partial charge in [-0.2, -0.15) is 5.10 Å². The zero-order valence-corrected chi connectivity index (χ0v) is 21.3. The number of pyridine rings is 2. The molecule has 3 aliphatic heterocycles. The second-order valence-electron chi connectivity index (χ2n) is 10.1. The summed E-state index contributed by atoms with van der Waals surface area (Å²) in [6, 6.07) is 18.6. The summed E-state index contributed by atoms with van der Waals surface area (Å²) in [7, 11) is 1.68. The highest BCUT2D eigenvalue weighted by Gasteiger charge is 2.34. The van der Waals surface area contributed by atoms with Crippen LogP contribution in [0.1, 0.15) is 12.8 Å². The molecule has 1 atom stereocenters. The van der Waals surface area contributed by atoms with E-state index in [1.807, 2.05) is 59.4 Å². The second-order valence-corrected chi connectivity index (χ2v) is 10.1. The molecule has 1 N–H and O–H groups in total. The lowest BCUT2D eigenvalue weighted by molar-refractivity contribution is 0.0974. The van der Waals surface area contributed by atoms with Crippen LogP contribution < -0.4 is 10.1 Å². The van der Waals surface area contributed by atoms with Crippen molar-refractivity contribution in [3.63, 3.8) is 0 Å². The summed E-state index contributed by atoms with van der Waals surface area (Å²) < 4.78 is 7.47. The predicted molar refractivity (Wildman–Crippen MR) is 148 cm³/mol. The highest BCUT2D eigenvalue weighted by atomic mass is 16.5. The molecule has 0 amide bonds. The van der Waals surface area contributed by atoms with Crippen molar-refractivity contribution < 1.29 is 4.74 Å². The Morgan fingerprint density at radius 2 is 1.68 bits per heavy atom. The van der Waals surface area contributed by atoms with Crippen LogP contribution >= 0.6 is 0 Å². The number of ether oxygens (including phenoxy) is 1. The van der Waals surface area contributed by atoms with Crippen LogP contribution in [-0.2, 0) is 0 Å². The number of hydrogen-bond acceptors (Lipinski definition) is 7. The van der Waals surface area contributed by atoms with Gasteiger partial charge in [-0.05, 0) is 79.9 Å². The van der Waals surface area contributed by atoms with Gasteiger partial charge in [-0.25, -0.2) is 14.5 Å². The van der Waals surface area contributed by atoms with Gasteiger partial charge in [0, 0.05) is 48.5 Å². The molecule has 0 spiro atoms. The minimum Gasteiger partial charge on any atom is -0.497 e. The molecule has 38 heavy (non-hydrogen) atoms. The molecule has 4 aromatic heterocycles. The van der Waals surface area contributed by atoms with E-state index in [9.17, 15) is 0 Å². The topological polar surface area (TPSA) is 80.5 Å². The number of aromatic nitrogens is 5. The van der Waals surface area contributed by atoms with E-state index in [-0.39, 0.29) is 0 Å². The van der Waals surface area contributed by atoms with E-state index in [2.05, 4.69) is 32.3 Å². The van der Waals surface area contributed by atoms with Gasteiger partial charge >= 0.3 is 0 Å². The molecule has 3 saturated heterocycles. The van der Waals surface area contributed by atoms with Crippen LogP contribution in [0.3, 0.4) is 0 Å². The molecule has 3 fully saturated rings. The Morgan fingerprint density at radius 1 is 0.868 bits per heavy atom. The zero-order valence-electron chi connectivity index (χ0n) is 21.3. The van der Waals surface area contributed by atoms with E-state index in [1.165, 1.54) is 25.9 Å². The molecule has 2 bridgehead atoms. The van der Waals surface area contributed by atoms with Gasteiger partial charge in [0.15, 0.2) is 5.65 Å². The number of piperidine rings is 3. The van der Waals surface area contributed by atoms with Crippen LogP contribution in [0.5, 0.6) is 5.75 Å². The average Bonchev–Trinajstić information content (AvgIpc) is 3.38.